The van der Waals surface area contributed by atoms with Crippen molar-refractivity contribution in [2.75, 3.05) is 26.8 Å². The van der Waals surface area contributed by atoms with Gasteiger partial charge in [0.2, 0.25) is 5.76 Å². The van der Waals surface area contributed by atoms with Crippen LogP contribution in [0.2, 0.25) is 0 Å². The first kappa shape index (κ1) is 18.0. The zero-order valence-corrected chi connectivity index (χ0v) is 15.7. The van der Waals surface area contributed by atoms with Crippen LogP contribution in [0.5, 0.6) is 5.88 Å². The van der Waals surface area contributed by atoms with Crippen molar-refractivity contribution in [1.29, 1.82) is 0 Å². The second kappa shape index (κ2) is 8.13. The van der Waals surface area contributed by atoms with Gasteiger partial charge in [-0.05, 0) is 42.3 Å². The van der Waals surface area contributed by atoms with E-state index in [2.05, 4.69) is 29.4 Å². The number of likely N-dealkylation sites (tertiary alicyclic amines) is 1. The first-order valence-corrected chi connectivity index (χ1v) is 9.68. The van der Waals surface area contributed by atoms with Gasteiger partial charge in [-0.15, -0.1) is 0 Å². The Kier molecular flexibility index (Phi) is 5.43. The van der Waals surface area contributed by atoms with E-state index in [-0.39, 0.29) is 23.7 Å². The van der Waals surface area contributed by atoms with Crippen LogP contribution >= 0.6 is 0 Å². The largest absolute Gasteiger partial charge is 0.479 e. The lowest BCUT2D eigenvalue weighted by molar-refractivity contribution is -0.0332. The number of nitrogens with zero attached hydrogens (tertiary/aromatic N) is 2. The molecule has 2 atom stereocenters. The summed E-state index contributed by atoms with van der Waals surface area (Å²) in [6, 6.07) is 12.0. The monoisotopic (exact) mass is 370 g/mol. The van der Waals surface area contributed by atoms with E-state index in [0.717, 1.165) is 25.4 Å². The van der Waals surface area contributed by atoms with E-state index < -0.39 is 0 Å². The van der Waals surface area contributed by atoms with Crippen LogP contribution in [-0.4, -0.2) is 48.9 Å². The lowest BCUT2D eigenvalue weighted by atomic mass is 9.88. The number of ether oxygens (including phenoxy) is 2. The van der Waals surface area contributed by atoms with Gasteiger partial charge in [0.05, 0.1) is 19.3 Å². The minimum absolute atomic E-state index is 0.135. The molecular weight excluding hydrogens is 344 g/mol. The summed E-state index contributed by atoms with van der Waals surface area (Å²) in [7, 11) is 1.50. The summed E-state index contributed by atoms with van der Waals surface area (Å²) in [6.45, 7) is 2.18. The molecule has 1 saturated heterocycles. The lowest BCUT2D eigenvalue weighted by Crippen LogP contribution is -2.47. The summed E-state index contributed by atoms with van der Waals surface area (Å²) in [5.41, 5.74) is 1.28. The number of hydrogen-bond acceptors (Lipinski definition) is 5. The molecule has 144 valence electrons. The Morgan fingerprint density at radius 2 is 2.07 bits per heavy atom. The van der Waals surface area contributed by atoms with Crippen molar-refractivity contribution >= 4 is 5.91 Å². The fraction of sp³-hybridized carbons (Fsp3) is 0.524. The van der Waals surface area contributed by atoms with Crippen LogP contribution in [0.4, 0.5) is 0 Å². The van der Waals surface area contributed by atoms with Gasteiger partial charge in [-0.1, -0.05) is 30.3 Å². The quantitative estimate of drug-likeness (QED) is 0.749. The number of hydrogen-bond donors (Lipinski definition) is 0. The van der Waals surface area contributed by atoms with E-state index in [1.54, 1.807) is 6.07 Å². The molecule has 1 amide bonds. The van der Waals surface area contributed by atoms with Crippen molar-refractivity contribution in [2.45, 2.75) is 31.8 Å². The number of benzene rings is 1. The number of carbonyl (C=O) groups excluding carboxylic acids is 1. The minimum atomic E-state index is -0.135. The van der Waals surface area contributed by atoms with Crippen molar-refractivity contribution in [2.24, 2.45) is 11.8 Å². The van der Waals surface area contributed by atoms with E-state index in [1.807, 2.05) is 11.0 Å². The molecule has 6 heteroatoms. The van der Waals surface area contributed by atoms with Gasteiger partial charge in [0, 0.05) is 25.6 Å². The molecule has 0 radical (unpaired) electrons. The van der Waals surface area contributed by atoms with Gasteiger partial charge in [-0.2, -0.15) is 0 Å². The van der Waals surface area contributed by atoms with Gasteiger partial charge < -0.3 is 18.9 Å². The number of carbonyl (C=O) groups is 1. The van der Waals surface area contributed by atoms with Crippen molar-refractivity contribution < 1.29 is 18.8 Å². The zero-order chi connectivity index (χ0) is 18.6. The maximum atomic E-state index is 12.8. The van der Waals surface area contributed by atoms with Crippen LogP contribution in [0.15, 0.2) is 40.9 Å². The number of amides is 1. The Balaban J connectivity index is 1.44. The Labute approximate surface area is 159 Å². The van der Waals surface area contributed by atoms with Crippen LogP contribution in [0, 0.1) is 11.8 Å². The van der Waals surface area contributed by atoms with E-state index in [1.165, 1.54) is 25.5 Å². The van der Waals surface area contributed by atoms with E-state index in [0.29, 0.717) is 19.0 Å². The van der Waals surface area contributed by atoms with E-state index in [9.17, 15) is 4.79 Å². The number of rotatable bonds is 7. The van der Waals surface area contributed by atoms with Gasteiger partial charge >= 0.3 is 0 Å². The summed E-state index contributed by atoms with van der Waals surface area (Å²) in [5, 5.41) is 3.74. The molecule has 2 aromatic rings. The highest BCUT2D eigenvalue weighted by molar-refractivity contribution is 5.91. The Morgan fingerprint density at radius 1 is 1.26 bits per heavy atom. The van der Waals surface area contributed by atoms with Crippen LogP contribution < -0.4 is 4.74 Å². The molecule has 2 fully saturated rings. The molecule has 1 aromatic carbocycles. The standard InChI is InChI=1S/C21H26N2O4/c1-25-20-12-19(27-22-20)21(24)23-10-9-18(26-14-16-7-8-16)17(13-23)11-15-5-3-2-4-6-15/h2-6,12,16-18H,7-11,13-14H2,1H3/t17-,18-/m1/s1. The van der Waals surface area contributed by atoms with Gasteiger partial charge in [-0.3, -0.25) is 4.79 Å². The smallest absolute Gasteiger partial charge is 0.292 e. The summed E-state index contributed by atoms with van der Waals surface area (Å²) in [4.78, 5) is 14.7. The van der Waals surface area contributed by atoms with Crippen LogP contribution in [0.3, 0.4) is 0 Å². The summed E-state index contributed by atoms with van der Waals surface area (Å²) < 4.78 is 16.4. The van der Waals surface area contributed by atoms with Gasteiger partial charge in [0.15, 0.2) is 0 Å². The average Bonchev–Trinajstić information content (AvgIpc) is 3.41. The maximum absolute atomic E-state index is 12.8. The predicted molar refractivity (Wildman–Crippen MR) is 99.7 cm³/mol. The maximum Gasteiger partial charge on any atom is 0.292 e. The molecule has 0 unspecified atom stereocenters. The molecule has 1 aromatic heterocycles. The highest BCUT2D eigenvalue weighted by Gasteiger charge is 2.35. The minimum Gasteiger partial charge on any atom is -0.479 e. The lowest BCUT2D eigenvalue weighted by Gasteiger charge is -2.38. The average molecular weight is 370 g/mol. The molecule has 0 bridgehead atoms. The fourth-order valence-electron chi connectivity index (χ4n) is 3.68. The van der Waals surface area contributed by atoms with Gasteiger partial charge in [-0.25, -0.2) is 0 Å². The SMILES string of the molecule is COc1cc(C(=O)N2CC[C@@H](OCC3CC3)[C@H](Cc3ccccc3)C2)on1. The molecule has 2 heterocycles. The number of piperidine rings is 1. The molecule has 2 aliphatic rings. The molecule has 6 nitrogen and oxygen atoms in total. The summed E-state index contributed by atoms with van der Waals surface area (Å²) >= 11 is 0. The van der Waals surface area contributed by atoms with Crippen LogP contribution in [0.25, 0.3) is 0 Å². The Bertz CT molecular complexity index is 757. The Morgan fingerprint density at radius 3 is 2.78 bits per heavy atom. The predicted octanol–water partition coefficient (Wildman–Crippen LogP) is 3.18. The molecule has 1 saturated carbocycles. The number of methoxy groups -OCH3 is 1. The first-order valence-electron chi connectivity index (χ1n) is 9.68. The molecule has 1 aliphatic heterocycles. The molecule has 1 aliphatic carbocycles. The van der Waals surface area contributed by atoms with Crippen molar-refractivity contribution in [3.8, 4) is 5.88 Å². The van der Waals surface area contributed by atoms with Gasteiger partial charge in [0.1, 0.15) is 0 Å². The van der Waals surface area contributed by atoms with Crippen LogP contribution in [-0.2, 0) is 11.2 Å². The third-order valence-corrected chi connectivity index (χ3v) is 5.44. The first-order chi connectivity index (χ1) is 13.2. The molecular formula is C21H26N2O4. The third-order valence-electron chi connectivity index (χ3n) is 5.44. The summed E-state index contributed by atoms with van der Waals surface area (Å²) in [6.07, 6.45) is 4.52. The second-order valence-electron chi connectivity index (χ2n) is 7.54. The molecule has 0 N–H and O–H groups in total. The van der Waals surface area contributed by atoms with E-state index in [4.69, 9.17) is 14.0 Å². The number of aromatic nitrogens is 1. The van der Waals surface area contributed by atoms with Crippen molar-refractivity contribution in [3.05, 3.63) is 47.7 Å². The molecule has 4 rings (SSSR count). The highest BCUT2D eigenvalue weighted by Crippen LogP contribution is 2.32. The van der Waals surface area contributed by atoms with E-state index >= 15 is 0 Å². The second-order valence-corrected chi connectivity index (χ2v) is 7.54. The Hall–Kier alpha value is -2.34. The van der Waals surface area contributed by atoms with Gasteiger partial charge in [0.25, 0.3) is 11.8 Å². The van der Waals surface area contributed by atoms with Crippen LogP contribution in [0.1, 0.15) is 35.4 Å². The summed E-state index contributed by atoms with van der Waals surface area (Å²) in [5.74, 6) is 1.42. The zero-order valence-electron chi connectivity index (χ0n) is 15.7. The third kappa shape index (κ3) is 4.50. The molecule has 27 heavy (non-hydrogen) atoms. The molecule has 0 spiro atoms. The van der Waals surface area contributed by atoms with Crippen molar-refractivity contribution in [3.63, 3.8) is 0 Å². The highest BCUT2D eigenvalue weighted by atomic mass is 16.5. The normalized spacial score (nSPS) is 22.6. The van der Waals surface area contributed by atoms with Crippen molar-refractivity contribution in [1.82, 2.24) is 10.1 Å². The fourth-order valence-corrected chi connectivity index (χ4v) is 3.68. The topological polar surface area (TPSA) is 64.8 Å².